The molecule has 0 saturated carbocycles. The zero-order valence-corrected chi connectivity index (χ0v) is 28.4. The second-order valence-corrected chi connectivity index (χ2v) is 15.3. The number of unbranched alkanes of at least 4 members (excludes halogenated alkanes) is 2. The normalized spacial score (nSPS) is 19.8. The molecule has 1 aliphatic heterocycles. The van der Waals surface area contributed by atoms with Crippen molar-refractivity contribution in [3.8, 4) is 0 Å². The Kier molecular flexibility index (Phi) is 12.8. The summed E-state index contributed by atoms with van der Waals surface area (Å²) in [7, 11) is -9.45. The topological polar surface area (TPSA) is 210 Å². The predicted octanol–water partition coefficient (Wildman–Crippen LogP) is 3.28. The number of anilines is 1. The molecule has 0 spiro atoms. The van der Waals surface area contributed by atoms with Gasteiger partial charge in [0.15, 0.2) is 0 Å². The monoisotopic (exact) mass is 720 g/mol. The molecule has 3 N–H and O–H groups in total. The Hall–Kier alpha value is -3.32. The third-order valence-electron chi connectivity index (χ3n) is 8.45. The highest BCUT2D eigenvalue weighted by atomic mass is 32.2. The lowest BCUT2D eigenvalue weighted by Crippen LogP contribution is -3.11. The maximum atomic E-state index is 12.3. The summed E-state index contributed by atoms with van der Waals surface area (Å²) in [5, 5.41) is 27.4. The van der Waals surface area contributed by atoms with E-state index in [1.807, 2.05) is 55.5 Å². The van der Waals surface area contributed by atoms with Crippen LogP contribution in [0.2, 0.25) is 0 Å². The average molecular weight is 721 g/mol. The summed E-state index contributed by atoms with van der Waals surface area (Å²) >= 11 is 0.457. The van der Waals surface area contributed by atoms with E-state index >= 15 is 0 Å². The zero-order valence-electron chi connectivity index (χ0n) is 26.0. The molecule has 3 aromatic rings. The summed E-state index contributed by atoms with van der Waals surface area (Å²) in [5.41, 5.74) is 1.54. The van der Waals surface area contributed by atoms with Crippen LogP contribution in [0.25, 0.3) is 10.8 Å². The number of quaternary nitrogens is 1. The second-order valence-electron chi connectivity index (χ2n) is 11.7. The third-order valence-corrected chi connectivity index (χ3v) is 10.7. The van der Waals surface area contributed by atoms with E-state index in [0.717, 1.165) is 22.3 Å². The van der Waals surface area contributed by atoms with E-state index < -0.39 is 42.3 Å². The van der Waals surface area contributed by atoms with Crippen LogP contribution < -0.4 is 15.5 Å². The minimum absolute atomic E-state index is 0.00685. The van der Waals surface area contributed by atoms with E-state index in [0.29, 0.717) is 54.1 Å². The molecular formula is C32H36N2O11S3-2. The van der Waals surface area contributed by atoms with E-state index in [1.165, 1.54) is 6.07 Å². The molecule has 0 aliphatic carbocycles. The summed E-state index contributed by atoms with van der Waals surface area (Å²) < 4.78 is 75.9. The molecule has 1 heterocycles. The molecule has 0 amide bonds. The maximum Gasteiger partial charge on any atom is 0.303 e. The van der Waals surface area contributed by atoms with Crippen molar-refractivity contribution in [2.45, 2.75) is 66.7 Å². The Labute approximate surface area is 283 Å². The van der Waals surface area contributed by atoms with Gasteiger partial charge in [-0.05, 0) is 73.0 Å². The van der Waals surface area contributed by atoms with Gasteiger partial charge in [-0.3, -0.25) is 14.7 Å². The van der Waals surface area contributed by atoms with Crippen LogP contribution in [0.4, 0.5) is 11.4 Å². The minimum Gasteiger partial charge on any atom is -0.748 e. The largest absolute Gasteiger partial charge is 0.748 e. The van der Waals surface area contributed by atoms with E-state index in [-0.39, 0.29) is 30.3 Å². The van der Waals surface area contributed by atoms with Crippen molar-refractivity contribution >= 4 is 60.4 Å². The fraction of sp³-hybridized carbons (Fsp3) is 0.344. The molecule has 0 radical (unpaired) electrons. The van der Waals surface area contributed by atoms with Crippen LogP contribution in [0, 0.1) is 0 Å². The number of hydrogen-bond acceptors (Lipinski definition) is 12. The van der Waals surface area contributed by atoms with Gasteiger partial charge in [0.2, 0.25) is 0 Å². The average Bonchev–Trinajstić information content (AvgIpc) is 3.25. The molecule has 0 bridgehead atoms. The van der Waals surface area contributed by atoms with Crippen molar-refractivity contribution in [2.75, 3.05) is 17.6 Å². The second kappa shape index (κ2) is 16.4. The summed E-state index contributed by atoms with van der Waals surface area (Å²) in [4.78, 5) is 11.6. The van der Waals surface area contributed by atoms with Gasteiger partial charge in [-0.15, -0.1) is 0 Å². The molecule has 0 saturated heterocycles. The first-order chi connectivity index (χ1) is 22.7. The fourth-order valence-corrected chi connectivity index (χ4v) is 8.06. The highest BCUT2D eigenvalue weighted by Crippen LogP contribution is 2.47. The van der Waals surface area contributed by atoms with Crippen LogP contribution >= 0.6 is 12.0 Å². The SMILES string of the molecule is CC1(CCCCCC(=O)O)c2c(ccc3c(SOO[O-])cc(S(=O)(=O)[O-])cc23)[NH+](CCCS(=O)(=O)[O-])C1/C=C/C=C/Nc1ccccc1. The predicted molar refractivity (Wildman–Crippen MR) is 175 cm³/mol. The maximum absolute atomic E-state index is 12.3. The molecule has 16 heteroatoms. The van der Waals surface area contributed by atoms with Crippen LogP contribution in [0.1, 0.15) is 51.0 Å². The lowest BCUT2D eigenvalue weighted by Gasteiger charge is -2.32. The van der Waals surface area contributed by atoms with E-state index in [4.69, 9.17) is 5.11 Å². The van der Waals surface area contributed by atoms with Gasteiger partial charge in [0, 0.05) is 47.0 Å². The first kappa shape index (κ1) is 37.5. The highest BCUT2D eigenvalue weighted by Gasteiger charge is 2.51. The quantitative estimate of drug-likeness (QED) is 0.0431. The highest BCUT2D eigenvalue weighted by molar-refractivity contribution is 7.94. The van der Waals surface area contributed by atoms with Gasteiger partial charge in [-0.1, -0.05) is 37.1 Å². The van der Waals surface area contributed by atoms with Gasteiger partial charge in [0.05, 0.1) is 39.0 Å². The van der Waals surface area contributed by atoms with Crippen LogP contribution in [-0.4, -0.2) is 55.4 Å². The Morgan fingerprint density at radius 3 is 2.44 bits per heavy atom. The van der Waals surface area contributed by atoms with Crippen LogP contribution in [0.3, 0.4) is 0 Å². The summed E-state index contributed by atoms with van der Waals surface area (Å²) in [6.07, 6.45) is 9.58. The number of fused-ring (bicyclic) bond motifs is 3. The number of hydrogen-bond donors (Lipinski definition) is 3. The van der Waals surface area contributed by atoms with E-state index in [9.17, 15) is 36.0 Å². The third kappa shape index (κ3) is 9.64. The number of para-hydroxylation sites is 1. The first-order valence-corrected chi connectivity index (χ1v) is 18.8. The number of benzene rings is 3. The van der Waals surface area contributed by atoms with E-state index in [2.05, 4.69) is 14.7 Å². The number of nitrogens with one attached hydrogen (secondary N) is 2. The van der Waals surface area contributed by atoms with Crippen molar-refractivity contribution in [1.29, 1.82) is 0 Å². The molecule has 3 unspecified atom stereocenters. The van der Waals surface area contributed by atoms with Crippen LogP contribution in [0.5, 0.6) is 0 Å². The zero-order chi connectivity index (χ0) is 35.0. The molecule has 0 aromatic heterocycles. The summed E-state index contributed by atoms with van der Waals surface area (Å²) in [6.45, 7) is 2.23. The van der Waals surface area contributed by atoms with Gasteiger partial charge in [0.25, 0.3) is 0 Å². The number of carboxylic acids is 1. The van der Waals surface area contributed by atoms with Gasteiger partial charge in [-0.25, -0.2) is 16.8 Å². The molecule has 48 heavy (non-hydrogen) atoms. The van der Waals surface area contributed by atoms with Gasteiger partial charge in [-0.2, -0.15) is 4.33 Å². The number of carboxylic acid groups (broad SMARTS) is 1. The standard InChI is InChI=1S/C32H38N2O11S3/c1-32(17-8-3-6-14-30(35)36)29(13-7-9-18-33-23-11-4-2-5-12-23)34(19-10-20-47(38,39)40)27-16-15-25-26(31(27)32)21-24(48(41,42)43)22-28(25)46-45-44-37/h2,4-5,7,9,11-13,15-16,18,21-22,29,33,37H,3,6,8,10,14,17,19-20H2,1H3,(H,35,36)(H,38,39,40)(H,41,42,43)/p-2/b13-7+,18-9+. The molecule has 3 atom stereocenters. The Balaban J connectivity index is 1.86. The fourth-order valence-electron chi connectivity index (χ4n) is 6.42. The molecular weight excluding hydrogens is 685 g/mol. The molecule has 0 fully saturated rings. The number of rotatable bonds is 18. The molecule has 260 valence electrons. The van der Waals surface area contributed by atoms with Gasteiger partial charge < -0.3 is 24.8 Å². The Bertz CT molecular complexity index is 1870. The number of allylic oxidation sites excluding steroid dienone is 2. The minimum atomic E-state index is -4.96. The Morgan fingerprint density at radius 2 is 1.77 bits per heavy atom. The van der Waals surface area contributed by atoms with Crippen LogP contribution in [-0.2, 0) is 39.8 Å². The lowest BCUT2D eigenvalue weighted by molar-refractivity contribution is -0.850. The van der Waals surface area contributed by atoms with Crippen LogP contribution in [0.15, 0.2) is 88.8 Å². The molecule has 13 nitrogen and oxygen atoms in total. The summed E-state index contributed by atoms with van der Waals surface area (Å²) in [6, 6.07) is 15.0. The smallest absolute Gasteiger partial charge is 0.303 e. The lowest BCUT2D eigenvalue weighted by atomic mass is 9.72. The first-order valence-electron chi connectivity index (χ1n) is 15.1. The van der Waals surface area contributed by atoms with Crippen molar-refractivity contribution in [1.82, 2.24) is 0 Å². The Morgan fingerprint density at radius 1 is 1.02 bits per heavy atom. The number of aliphatic carboxylic acids is 1. The van der Waals surface area contributed by atoms with Crippen molar-refractivity contribution in [3.63, 3.8) is 0 Å². The van der Waals surface area contributed by atoms with Crippen molar-refractivity contribution < 1.29 is 55.4 Å². The molecule has 4 rings (SSSR count). The van der Waals surface area contributed by atoms with Crippen molar-refractivity contribution in [3.05, 3.63) is 84.6 Å². The van der Waals surface area contributed by atoms with Gasteiger partial charge >= 0.3 is 5.97 Å². The van der Waals surface area contributed by atoms with Gasteiger partial charge in [0.1, 0.15) is 21.8 Å². The summed E-state index contributed by atoms with van der Waals surface area (Å²) in [5.74, 6) is -1.48. The van der Waals surface area contributed by atoms with E-state index in [1.54, 1.807) is 18.3 Å². The molecule has 3 aromatic carbocycles. The number of carbonyl (C=O) groups is 1. The van der Waals surface area contributed by atoms with Crippen molar-refractivity contribution in [2.24, 2.45) is 0 Å². The molecule has 1 aliphatic rings.